The molecule has 20 heavy (non-hydrogen) atoms. The molecular formula is C14H16FN3O2. The van der Waals surface area contributed by atoms with Crippen molar-refractivity contribution in [2.75, 3.05) is 20.3 Å². The number of halogens is 1. The van der Waals surface area contributed by atoms with Crippen molar-refractivity contribution in [2.45, 2.75) is 6.92 Å². The Kier molecular flexibility index (Phi) is 4.47. The number of methoxy groups -OCH3 is 1. The van der Waals surface area contributed by atoms with Gasteiger partial charge in [0.2, 0.25) is 0 Å². The molecule has 0 saturated heterocycles. The van der Waals surface area contributed by atoms with E-state index in [0.29, 0.717) is 24.5 Å². The molecule has 1 aromatic carbocycles. The molecule has 0 aliphatic heterocycles. The number of hydrogen-bond donors (Lipinski definition) is 1. The van der Waals surface area contributed by atoms with Crippen molar-refractivity contribution < 1.29 is 13.9 Å². The van der Waals surface area contributed by atoms with Gasteiger partial charge in [-0.15, -0.1) is 0 Å². The van der Waals surface area contributed by atoms with Gasteiger partial charge in [-0.25, -0.2) is 9.07 Å². The van der Waals surface area contributed by atoms with Gasteiger partial charge < -0.3 is 10.1 Å². The summed E-state index contributed by atoms with van der Waals surface area (Å²) >= 11 is 0. The van der Waals surface area contributed by atoms with Crippen LogP contribution in [-0.4, -0.2) is 35.9 Å². The van der Waals surface area contributed by atoms with Crippen molar-refractivity contribution in [3.8, 4) is 5.69 Å². The molecule has 0 aliphatic rings. The van der Waals surface area contributed by atoms with E-state index in [1.807, 2.05) is 6.92 Å². The largest absolute Gasteiger partial charge is 0.383 e. The summed E-state index contributed by atoms with van der Waals surface area (Å²) in [7, 11) is 1.57. The van der Waals surface area contributed by atoms with Gasteiger partial charge in [-0.1, -0.05) is 0 Å². The van der Waals surface area contributed by atoms with Crippen molar-refractivity contribution in [1.29, 1.82) is 0 Å². The molecule has 0 fully saturated rings. The fraction of sp³-hybridized carbons (Fsp3) is 0.286. The second kappa shape index (κ2) is 6.29. The quantitative estimate of drug-likeness (QED) is 0.846. The predicted molar refractivity (Wildman–Crippen MR) is 72.5 cm³/mol. The summed E-state index contributed by atoms with van der Waals surface area (Å²) in [4.78, 5) is 11.9. The molecule has 1 N–H and O–H groups in total. The first-order valence-electron chi connectivity index (χ1n) is 6.21. The number of carbonyl (C=O) groups excluding carboxylic acids is 1. The minimum atomic E-state index is -0.309. The van der Waals surface area contributed by atoms with E-state index >= 15 is 0 Å². The Labute approximate surface area is 116 Å². The van der Waals surface area contributed by atoms with Crippen molar-refractivity contribution in [2.24, 2.45) is 0 Å². The van der Waals surface area contributed by atoms with Crippen LogP contribution in [0.25, 0.3) is 5.69 Å². The molecule has 2 aromatic rings. The van der Waals surface area contributed by atoms with Gasteiger partial charge in [0.1, 0.15) is 5.82 Å². The highest BCUT2D eigenvalue weighted by Crippen LogP contribution is 2.12. The van der Waals surface area contributed by atoms with Crippen LogP contribution in [0.3, 0.4) is 0 Å². The number of amides is 1. The molecule has 1 amide bonds. The summed E-state index contributed by atoms with van der Waals surface area (Å²) in [5, 5.41) is 6.93. The zero-order valence-corrected chi connectivity index (χ0v) is 11.4. The lowest BCUT2D eigenvalue weighted by atomic mass is 10.3. The van der Waals surface area contributed by atoms with Crippen LogP contribution >= 0.6 is 0 Å². The van der Waals surface area contributed by atoms with Crippen molar-refractivity contribution in [1.82, 2.24) is 15.1 Å². The fourth-order valence-electron chi connectivity index (χ4n) is 1.79. The van der Waals surface area contributed by atoms with E-state index in [4.69, 9.17) is 4.74 Å². The maximum Gasteiger partial charge on any atom is 0.271 e. The maximum absolute atomic E-state index is 12.9. The Morgan fingerprint density at radius 2 is 2.10 bits per heavy atom. The molecule has 0 bridgehead atoms. The van der Waals surface area contributed by atoms with Crippen molar-refractivity contribution in [3.05, 3.63) is 47.5 Å². The molecule has 0 spiro atoms. The van der Waals surface area contributed by atoms with Crippen LogP contribution in [-0.2, 0) is 4.74 Å². The smallest absolute Gasteiger partial charge is 0.271 e. The van der Waals surface area contributed by atoms with Gasteiger partial charge in [0.25, 0.3) is 5.91 Å². The van der Waals surface area contributed by atoms with Gasteiger partial charge in [0.05, 0.1) is 12.3 Å². The van der Waals surface area contributed by atoms with Gasteiger partial charge in [-0.2, -0.15) is 5.10 Å². The topological polar surface area (TPSA) is 56.1 Å². The number of benzene rings is 1. The van der Waals surface area contributed by atoms with Crippen molar-refractivity contribution >= 4 is 5.91 Å². The second-order valence-electron chi connectivity index (χ2n) is 4.31. The Balaban J connectivity index is 2.17. The summed E-state index contributed by atoms with van der Waals surface area (Å²) in [6, 6.07) is 7.62. The molecular weight excluding hydrogens is 261 g/mol. The van der Waals surface area contributed by atoms with Gasteiger partial charge in [0, 0.05) is 19.3 Å². The fourth-order valence-corrected chi connectivity index (χ4v) is 1.79. The molecule has 2 rings (SSSR count). The zero-order chi connectivity index (χ0) is 14.5. The summed E-state index contributed by atoms with van der Waals surface area (Å²) in [6.45, 7) is 2.71. The van der Waals surface area contributed by atoms with E-state index in [2.05, 4.69) is 10.4 Å². The first kappa shape index (κ1) is 14.2. The Morgan fingerprint density at radius 1 is 1.40 bits per heavy atom. The summed E-state index contributed by atoms with van der Waals surface area (Å²) in [6.07, 6.45) is 0. The molecule has 0 unspecified atom stereocenters. The predicted octanol–water partition coefficient (Wildman–Crippen LogP) is 1.70. The number of nitrogens with zero attached hydrogens (tertiary/aromatic N) is 2. The van der Waals surface area contributed by atoms with Gasteiger partial charge in [-0.3, -0.25) is 4.79 Å². The first-order valence-corrected chi connectivity index (χ1v) is 6.21. The Hall–Kier alpha value is -2.21. The van der Waals surface area contributed by atoms with E-state index in [-0.39, 0.29) is 11.7 Å². The van der Waals surface area contributed by atoms with E-state index in [1.165, 1.54) is 12.1 Å². The van der Waals surface area contributed by atoms with Crippen LogP contribution in [0.1, 0.15) is 16.2 Å². The molecule has 5 nitrogen and oxygen atoms in total. The highest BCUT2D eigenvalue weighted by atomic mass is 19.1. The summed E-state index contributed by atoms with van der Waals surface area (Å²) < 4.78 is 19.4. The number of hydrogen-bond acceptors (Lipinski definition) is 3. The van der Waals surface area contributed by atoms with Crippen molar-refractivity contribution in [3.63, 3.8) is 0 Å². The second-order valence-corrected chi connectivity index (χ2v) is 4.31. The average Bonchev–Trinajstić information content (AvgIpc) is 2.82. The van der Waals surface area contributed by atoms with E-state index < -0.39 is 0 Å². The third-order valence-electron chi connectivity index (χ3n) is 2.78. The number of carbonyl (C=O) groups is 1. The van der Waals surface area contributed by atoms with Crippen LogP contribution in [0.15, 0.2) is 30.3 Å². The monoisotopic (exact) mass is 277 g/mol. The normalized spacial score (nSPS) is 10.6. The van der Waals surface area contributed by atoms with Crippen LogP contribution < -0.4 is 5.32 Å². The van der Waals surface area contributed by atoms with Crippen LogP contribution in [0, 0.1) is 12.7 Å². The van der Waals surface area contributed by atoms with Crippen LogP contribution in [0.2, 0.25) is 0 Å². The Morgan fingerprint density at radius 3 is 2.75 bits per heavy atom. The number of aromatic nitrogens is 2. The zero-order valence-electron chi connectivity index (χ0n) is 11.4. The summed E-state index contributed by atoms with van der Waals surface area (Å²) in [5.74, 6) is -0.567. The number of ether oxygens (including phenoxy) is 1. The SMILES string of the molecule is COCCNC(=O)c1cc(C)n(-c2ccc(F)cc2)n1. The Bertz CT molecular complexity index is 593. The molecule has 6 heteroatoms. The van der Waals surface area contributed by atoms with Crippen LogP contribution in [0.4, 0.5) is 4.39 Å². The van der Waals surface area contributed by atoms with Gasteiger partial charge in [0.15, 0.2) is 5.69 Å². The maximum atomic E-state index is 12.9. The minimum Gasteiger partial charge on any atom is -0.383 e. The molecule has 1 heterocycles. The molecule has 1 aromatic heterocycles. The lowest BCUT2D eigenvalue weighted by Gasteiger charge is -2.04. The highest BCUT2D eigenvalue weighted by molar-refractivity contribution is 5.92. The van der Waals surface area contributed by atoms with E-state index in [1.54, 1.807) is 30.0 Å². The number of nitrogens with one attached hydrogen (secondary N) is 1. The third-order valence-corrected chi connectivity index (χ3v) is 2.78. The highest BCUT2D eigenvalue weighted by Gasteiger charge is 2.12. The number of rotatable bonds is 5. The minimum absolute atomic E-state index is 0.258. The third kappa shape index (κ3) is 3.21. The van der Waals surface area contributed by atoms with E-state index in [9.17, 15) is 9.18 Å². The van der Waals surface area contributed by atoms with Crippen LogP contribution in [0.5, 0.6) is 0 Å². The molecule has 0 aliphatic carbocycles. The molecule has 0 radical (unpaired) electrons. The van der Waals surface area contributed by atoms with Gasteiger partial charge >= 0.3 is 0 Å². The lowest BCUT2D eigenvalue weighted by molar-refractivity contribution is 0.0931. The summed E-state index contributed by atoms with van der Waals surface area (Å²) in [5.41, 5.74) is 1.83. The van der Waals surface area contributed by atoms with E-state index in [0.717, 1.165) is 5.69 Å². The lowest BCUT2D eigenvalue weighted by Crippen LogP contribution is -2.27. The molecule has 0 saturated carbocycles. The number of aryl methyl sites for hydroxylation is 1. The first-order chi connectivity index (χ1) is 9.61. The molecule has 0 atom stereocenters. The molecule has 106 valence electrons. The average molecular weight is 277 g/mol. The van der Waals surface area contributed by atoms with Gasteiger partial charge in [-0.05, 0) is 37.3 Å². The standard InChI is InChI=1S/C14H16FN3O2/c1-10-9-13(14(19)16-7-8-20-2)17-18(10)12-5-3-11(15)4-6-12/h3-6,9H,7-8H2,1-2H3,(H,16,19).